The van der Waals surface area contributed by atoms with Gasteiger partial charge >= 0.3 is 12.4 Å². The molecule has 1 aliphatic carbocycles. The summed E-state index contributed by atoms with van der Waals surface area (Å²) in [5.41, 5.74) is -3.78. The van der Waals surface area contributed by atoms with Crippen molar-refractivity contribution in [1.29, 1.82) is 5.41 Å². The van der Waals surface area contributed by atoms with Crippen LogP contribution in [0.15, 0.2) is 18.2 Å². The Morgan fingerprint density at radius 3 is 2.03 bits per heavy atom. The molecule has 2 amide bonds. The molecule has 0 aromatic heterocycles. The summed E-state index contributed by atoms with van der Waals surface area (Å²) in [7, 11) is 0. The number of piperidine rings is 1. The summed E-state index contributed by atoms with van der Waals surface area (Å²) in [6, 6.07) is 0.810. The monoisotopic (exact) mass is 491 g/mol. The molecule has 0 bridgehead atoms. The third-order valence-corrected chi connectivity index (χ3v) is 6.68. The molecule has 11 heteroatoms. The van der Waals surface area contributed by atoms with Crippen LogP contribution in [-0.2, 0) is 17.1 Å². The number of benzene rings is 1. The van der Waals surface area contributed by atoms with E-state index in [2.05, 4.69) is 5.32 Å². The summed E-state index contributed by atoms with van der Waals surface area (Å²) in [6.07, 6.45) is -4.04. The summed E-state index contributed by atoms with van der Waals surface area (Å²) in [5, 5.41) is 10.0. The third-order valence-electron chi connectivity index (χ3n) is 6.68. The topological polar surface area (TPSA) is 73.3 Å². The first kappa shape index (κ1) is 26.0. The molecule has 1 saturated carbocycles. The lowest BCUT2D eigenvalue weighted by atomic mass is 9.78. The number of hydrogen-bond donors (Lipinski definition) is 2. The number of alkyl halides is 6. The van der Waals surface area contributed by atoms with Gasteiger partial charge in [0.2, 0.25) is 5.91 Å². The van der Waals surface area contributed by atoms with Crippen molar-refractivity contribution in [2.75, 3.05) is 19.6 Å². The van der Waals surface area contributed by atoms with E-state index in [1.165, 1.54) is 6.21 Å². The second kappa shape index (κ2) is 10.4. The molecule has 2 aliphatic rings. The van der Waals surface area contributed by atoms with E-state index in [1.54, 1.807) is 4.90 Å². The quantitative estimate of drug-likeness (QED) is 0.442. The molecule has 2 atom stereocenters. The van der Waals surface area contributed by atoms with E-state index in [-0.39, 0.29) is 36.3 Å². The highest BCUT2D eigenvalue weighted by Crippen LogP contribution is 2.36. The predicted molar refractivity (Wildman–Crippen MR) is 112 cm³/mol. The number of nitrogens with one attached hydrogen (secondary N) is 2. The van der Waals surface area contributed by atoms with E-state index in [0.717, 1.165) is 25.7 Å². The van der Waals surface area contributed by atoms with Crippen LogP contribution in [0.5, 0.6) is 0 Å². The molecular weight excluding hydrogens is 464 g/mol. The summed E-state index contributed by atoms with van der Waals surface area (Å²) < 4.78 is 78.1. The molecule has 1 aromatic carbocycles. The van der Waals surface area contributed by atoms with Gasteiger partial charge in [-0.2, -0.15) is 26.3 Å². The Balaban J connectivity index is 1.57. The summed E-state index contributed by atoms with van der Waals surface area (Å²) in [6.45, 7) is 1.01. The molecule has 34 heavy (non-hydrogen) atoms. The normalized spacial score (nSPS) is 22.4. The van der Waals surface area contributed by atoms with Gasteiger partial charge in [0, 0.05) is 37.0 Å². The van der Waals surface area contributed by atoms with Crippen LogP contribution in [0.25, 0.3) is 0 Å². The minimum Gasteiger partial charge on any atom is -0.352 e. The average molecular weight is 491 g/mol. The highest BCUT2D eigenvalue weighted by Gasteiger charge is 2.38. The van der Waals surface area contributed by atoms with E-state index in [0.29, 0.717) is 38.1 Å². The number of halogens is 6. The maximum Gasteiger partial charge on any atom is 0.416 e. The summed E-state index contributed by atoms with van der Waals surface area (Å²) in [4.78, 5) is 27.0. The Labute approximate surface area is 193 Å². The molecule has 0 radical (unpaired) electrons. The van der Waals surface area contributed by atoms with Gasteiger partial charge in [-0.05, 0) is 56.0 Å². The van der Waals surface area contributed by atoms with Crippen molar-refractivity contribution < 1.29 is 35.9 Å². The van der Waals surface area contributed by atoms with Gasteiger partial charge in [-0.3, -0.25) is 9.59 Å². The van der Waals surface area contributed by atoms with Crippen molar-refractivity contribution in [3.63, 3.8) is 0 Å². The van der Waals surface area contributed by atoms with Gasteiger partial charge in [-0.15, -0.1) is 0 Å². The molecule has 3 rings (SSSR count). The van der Waals surface area contributed by atoms with E-state index < -0.39 is 35.0 Å². The number of amides is 2. The van der Waals surface area contributed by atoms with Gasteiger partial charge < -0.3 is 15.6 Å². The summed E-state index contributed by atoms with van der Waals surface area (Å²) >= 11 is 0. The average Bonchev–Trinajstić information content (AvgIpc) is 2.81. The molecule has 2 fully saturated rings. The number of carbonyl (C=O) groups is 2. The van der Waals surface area contributed by atoms with Crippen LogP contribution >= 0.6 is 0 Å². The van der Waals surface area contributed by atoms with Crippen LogP contribution in [0.1, 0.15) is 60.0 Å². The van der Waals surface area contributed by atoms with Crippen LogP contribution in [0, 0.1) is 23.2 Å². The molecule has 1 aliphatic heterocycles. The van der Waals surface area contributed by atoms with E-state index in [1.807, 2.05) is 0 Å². The largest absolute Gasteiger partial charge is 0.416 e. The van der Waals surface area contributed by atoms with Crippen molar-refractivity contribution in [1.82, 2.24) is 10.2 Å². The van der Waals surface area contributed by atoms with Gasteiger partial charge in [0.05, 0.1) is 11.1 Å². The zero-order valence-corrected chi connectivity index (χ0v) is 18.4. The minimum atomic E-state index is -5.02. The van der Waals surface area contributed by atoms with Crippen LogP contribution in [0.4, 0.5) is 26.3 Å². The van der Waals surface area contributed by atoms with Crippen LogP contribution in [0.2, 0.25) is 0 Å². The van der Waals surface area contributed by atoms with Crippen LogP contribution in [0.3, 0.4) is 0 Å². The Hall–Kier alpha value is -2.59. The van der Waals surface area contributed by atoms with Gasteiger partial charge in [0.15, 0.2) is 0 Å². The first-order chi connectivity index (χ1) is 15.9. The number of carbonyl (C=O) groups excluding carboxylic acids is 2. The van der Waals surface area contributed by atoms with Gasteiger partial charge in [0.1, 0.15) is 0 Å². The number of hydrogen-bond acceptors (Lipinski definition) is 3. The molecule has 5 nitrogen and oxygen atoms in total. The highest BCUT2D eigenvalue weighted by molar-refractivity contribution is 5.94. The first-order valence-corrected chi connectivity index (χ1v) is 11.3. The van der Waals surface area contributed by atoms with Crippen LogP contribution < -0.4 is 5.32 Å². The molecule has 1 saturated heterocycles. The Bertz CT molecular complexity index is 875. The van der Waals surface area contributed by atoms with E-state index in [9.17, 15) is 35.9 Å². The zero-order chi connectivity index (χ0) is 25.1. The molecular formula is C23H27F6N3O2. The Morgan fingerprint density at radius 1 is 0.941 bits per heavy atom. The first-order valence-electron chi connectivity index (χ1n) is 11.3. The molecule has 2 unspecified atom stereocenters. The van der Waals surface area contributed by atoms with Gasteiger partial charge in [-0.25, -0.2) is 0 Å². The number of nitrogens with zero attached hydrogens (tertiary/aromatic N) is 1. The molecule has 0 spiro atoms. The Kier molecular flexibility index (Phi) is 7.92. The van der Waals surface area contributed by atoms with E-state index in [4.69, 9.17) is 5.41 Å². The smallest absolute Gasteiger partial charge is 0.352 e. The lowest BCUT2D eigenvalue weighted by Crippen LogP contribution is -2.46. The lowest BCUT2D eigenvalue weighted by Gasteiger charge is -2.37. The molecule has 1 heterocycles. The standard InChI is InChI=1S/C23H27F6N3O2/c24-22(25,26)17-9-16(10-18(11-17)23(27,28)29)20(33)31-13-14-5-7-32(8-6-14)21(34)19-4-2-1-3-15(19)12-30/h9-12,14-15,19,30H,1-8,13H2,(H,31,33). The van der Waals surface area contributed by atoms with Crippen molar-refractivity contribution >= 4 is 18.0 Å². The fraction of sp³-hybridized carbons (Fsp3) is 0.609. The maximum absolute atomic E-state index is 13.0. The SMILES string of the molecule is N=CC1CCCCC1C(=O)N1CCC(CNC(=O)c2cc(C(F)(F)F)cc(C(F)(F)F)c2)CC1. The second-order valence-corrected chi connectivity index (χ2v) is 8.99. The second-order valence-electron chi connectivity index (χ2n) is 8.99. The van der Waals surface area contributed by atoms with E-state index >= 15 is 0 Å². The van der Waals surface area contributed by atoms with Crippen LogP contribution in [-0.4, -0.2) is 42.6 Å². The number of likely N-dealkylation sites (tertiary alicyclic amines) is 1. The van der Waals surface area contributed by atoms with Crippen molar-refractivity contribution in [3.8, 4) is 0 Å². The maximum atomic E-state index is 13.0. The van der Waals surface area contributed by atoms with Crippen molar-refractivity contribution in [2.24, 2.45) is 17.8 Å². The highest BCUT2D eigenvalue weighted by atomic mass is 19.4. The zero-order valence-electron chi connectivity index (χ0n) is 18.4. The fourth-order valence-electron chi connectivity index (χ4n) is 4.68. The molecule has 1 aromatic rings. The fourth-order valence-corrected chi connectivity index (χ4v) is 4.68. The molecule has 2 N–H and O–H groups in total. The summed E-state index contributed by atoms with van der Waals surface area (Å²) in [5.74, 6) is -1.27. The van der Waals surface area contributed by atoms with Gasteiger partial charge in [0.25, 0.3) is 5.91 Å². The number of rotatable bonds is 5. The van der Waals surface area contributed by atoms with Crippen molar-refractivity contribution in [2.45, 2.75) is 50.9 Å². The predicted octanol–water partition coefficient (Wildman–Crippen LogP) is 5.15. The lowest BCUT2D eigenvalue weighted by molar-refractivity contribution is -0.143. The van der Waals surface area contributed by atoms with Gasteiger partial charge in [-0.1, -0.05) is 12.8 Å². The van der Waals surface area contributed by atoms with Crippen molar-refractivity contribution in [3.05, 3.63) is 34.9 Å². The third kappa shape index (κ3) is 6.29. The Morgan fingerprint density at radius 2 is 1.50 bits per heavy atom. The molecule has 188 valence electrons. The minimum absolute atomic E-state index is 0.0150.